The molecule has 136 valence electrons. The molecule has 2 aromatic carbocycles. The summed E-state index contributed by atoms with van der Waals surface area (Å²) in [5.41, 5.74) is 5.40. The van der Waals surface area contributed by atoms with Crippen LogP contribution in [0, 0.1) is 0 Å². The molecule has 0 aliphatic rings. The standard InChI is InChI=1S/C22H21N3O2/c26-22(25-27)21(18-8-2-1-3-9-18)19-10-12-20(13-11-19)24-15-5-7-17-6-4-14-23-16-17/h1-14,16,21,24,27H,15H2,(H,25,26). The molecule has 5 heteroatoms. The Morgan fingerprint density at radius 3 is 2.41 bits per heavy atom. The van der Waals surface area contributed by atoms with E-state index in [0.717, 1.165) is 22.4 Å². The number of nitrogens with zero attached hydrogens (tertiary/aromatic N) is 1. The summed E-state index contributed by atoms with van der Waals surface area (Å²) in [5.74, 6) is -1.02. The van der Waals surface area contributed by atoms with E-state index in [2.05, 4.69) is 10.3 Å². The Hall–Kier alpha value is -3.44. The fourth-order valence-electron chi connectivity index (χ4n) is 2.85. The lowest BCUT2D eigenvalue weighted by Crippen LogP contribution is -2.27. The summed E-state index contributed by atoms with van der Waals surface area (Å²) in [6.45, 7) is 0.674. The lowest BCUT2D eigenvalue weighted by molar-refractivity contribution is -0.129. The molecular weight excluding hydrogens is 338 g/mol. The molecule has 0 aliphatic carbocycles. The zero-order valence-electron chi connectivity index (χ0n) is 14.7. The molecule has 0 bridgehead atoms. The predicted octanol–water partition coefficient (Wildman–Crippen LogP) is 3.84. The Kier molecular flexibility index (Phi) is 6.33. The maximum atomic E-state index is 12.2. The van der Waals surface area contributed by atoms with E-state index in [1.54, 1.807) is 17.9 Å². The molecule has 1 aromatic heterocycles. The van der Waals surface area contributed by atoms with Crippen LogP contribution in [0.15, 0.2) is 85.2 Å². The molecule has 1 atom stereocenters. The van der Waals surface area contributed by atoms with Crippen LogP contribution in [-0.4, -0.2) is 22.6 Å². The van der Waals surface area contributed by atoms with Crippen molar-refractivity contribution in [1.29, 1.82) is 0 Å². The molecule has 0 aliphatic heterocycles. The number of pyridine rings is 1. The van der Waals surface area contributed by atoms with Crippen LogP contribution in [0.1, 0.15) is 22.6 Å². The SMILES string of the molecule is O=C(NO)C(c1ccccc1)c1ccc(NCC=Cc2cccnc2)cc1. The fourth-order valence-corrected chi connectivity index (χ4v) is 2.85. The van der Waals surface area contributed by atoms with Gasteiger partial charge in [0.25, 0.3) is 5.91 Å². The Morgan fingerprint density at radius 2 is 1.74 bits per heavy atom. The van der Waals surface area contributed by atoms with Crippen molar-refractivity contribution in [3.8, 4) is 0 Å². The van der Waals surface area contributed by atoms with Crippen LogP contribution in [0.25, 0.3) is 6.08 Å². The third kappa shape index (κ3) is 5.03. The molecule has 5 nitrogen and oxygen atoms in total. The van der Waals surface area contributed by atoms with Gasteiger partial charge < -0.3 is 5.32 Å². The van der Waals surface area contributed by atoms with E-state index in [0.29, 0.717) is 6.54 Å². The highest BCUT2D eigenvalue weighted by Gasteiger charge is 2.22. The van der Waals surface area contributed by atoms with E-state index in [-0.39, 0.29) is 0 Å². The average Bonchev–Trinajstić information content (AvgIpc) is 2.74. The first-order valence-electron chi connectivity index (χ1n) is 8.67. The number of rotatable bonds is 7. The zero-order valence-corrected chi connectivity index (χ0v) is 14.7. The number of carbonyl (C=O) groups is 1. The molecule has 0 saturated heterocycles. The number of hydroxylamine groups is 1. The number of amides is 1. The van der Waals surface area contributed by atoms with Crippen molar-refractivity contribution in [3.63, 3.8) is 0 Å². The van der Waals surface area contributed by atoms with Crippen LogP contribution >= 0.6 is 0 Å². The summed E-state index contributed by atoms with van der Waals surface area (Å²) in [7, 11) is 0. The summed E-state index contributed by atoms with van der Waals surface area (Å²) in [5, 5.41) is 12.4. The predicted molar refractivity (Wildman–Crippen MR) is 106 cm³/mol. The molecule has 0 fully saturated rings. The Morgan fingerprint density at radius 1 is 1.00 bits per heavy atom. The van der Waals surface area contributed by atoms with E-state index < -0.39 is 11.8 Å². The van der Waals surface area contributed by atoms with Crippen molar-refractivity contribution in [2.75, 3.05) is 11.9 Å². The first-order chi connectivity index (χ1) is 13.3. The summed E-state index contributed by atoms with van der Waals surface area (Å²) < 4.78 is 0. The smallest absolute Gasteiger partial charge is 0.255 e. The normalized spacial score (nSPS) is 11.9. The van der Waals surface area contributed by atoms with Gasteiger partial charge in [-0.15, -0.1) is 0 Å². The summed E-state index contributed by atoms with van der Waals surface area (Å²) in [4.78, 5) is 16.2. The maximum absolute atomic E-state index is 12.2. The van der Waals surface area contributed by atoms with Crippen molar-refractivity contribution in [2.24, 2.45) is 0 Å². The number of hydrogen-bond acceptors (Lipinski definition) is 4. The van der Waals surface area contributed by atoms with Crippen molar-refractivity contribution in [3.05, 3.63) is 102 Å². The lowest BCUT2D eigenvalue weighted by Gasteiger charge is -2.16. The number of hydrogen-bond donors (Lipinski definition) is 3. The lowest BCUT2D eigenvalue weighted by atomic mass is 9.90. The van der Waals surface area contributed by atoms with Crippen LogP contribution in [-0.2, 0) is 4.79 Å². The van der Waals surface area contributed by atoms with Gasteiger partial charge in [0.2, 0.25) is 0 Å². The molecule has 3 rings (SSSR count). The van der Waals surface area contributed by atoms with Crippen LogP contribution in [0.5, 0.6) is 0 Å². The van der Waals surface area contributed by atoms with Gasteiger partial charge in [-0.05, 0) is 34.9 Å². The van der Waals surface area contributed by atoms with Crippen molar-refractivity contribution < 1.29 is 10.0 Å². The largest absolute Gasteiger partial charge is 0.382 e. The van der Waals surface area contributed by atoms with Crippen molar-refractivity contribution in [2.45, 2.75) is 5.92 Å². The minimum absolute atomic E-state index is 0.457. The summed E-state index contributed by atoms with van der Waals surface area (Å²) in [6.07, 6.45) is 7.58. The second-order valence-electron chi connectivity index (χ2n) is 6.01. The minimum atomic E-state index is -0.560. The van der Waals surface area contributed by atoms with Gasteiger partial charge in [0.1, 0.15) is 0 Å². The second kappa shape index (κ2) is 9.31. The van der Waals surface area contributed by atoms with Gasteiger partial charge in [-0.1, -0.05) is 60.7 Å². The van der Waals surface area contributed by atoms with E-state index in [9.17, 15) is 4.79 Å². The monoisotopic (exact) mass is 359 g/mol. The molecule has 3 aromatic rings. The third-order valence-electron chi connectivity index (χ3n) is 4.17. The number of benzene rings is 2. The van der Waals surface area contributed by atoms with Gasteiger partial charge in [-0.3, -0.25) is 15.0 Å². The van der Waals surface area contributed by atoms with Gasteiger partial charge in [0.15, 0.2) is 0 Å². The fraction of sp³-hybridized carbons (Fsp3) is 0.0909. The third-order valence-corrected chi connectivity index (χ3v) is 4.17. The second-order valence-corrected chi connectivity index (χ2v) is 6.01. The molecule has 1 heterocycles. The molecule has 1 amide bonds. The Bertz CT molecular complexity index is 878. The molecular formula is C22H21N3O2. The molecule has 0 radical (unpaired) electrons. The number of nitrogens with one attached hydrogen (secondary N) is 2. The molecule has 1 unspecified atom stereocenters. The van der Waals surface area contributed by atoms with Crippen LogP contribution in [0.3, 0.4) is 0 Å². The highest BCUT2D eigenvalue weighted by Crippen LogP contribution is 2.26. The molecule has 27 heavy (non-hydrogen) atoms. The number of carbonyl (C=O) groups excluding carboxylic acids is 1. The highest BCUT2D eigenvalue weighted by molar-refractivity contribution is 5.86. The minimum Gasteiger partial charge on any atom is -0.382 e. The highest BCUT2D eigenvalue weighted by atomic mass is 16.5. The number of anilines is 1. The van der Waals surface area contributed by atoms with E-state index in [1.165, 1.54) is 0 Å². The number of aromatic nitrogens is 1. The average molecular weight is 359 g/mol. The topological polar surface area (TPSA) is 74.2 Å². The van der Waals surface area contributed by atoms with Gasteiger partial charge in [-0.25, -0.2) is 5.48 Å². The first kappa shape index (κ1) is 18.4. The van der Waals surface area contributed by atoms with Crippen molar-refractivity contribution >= 4 is 17.7 Å². The zero-order chi connectivity index (χ0) is 18.9. The van der Waals surface area contributed by atoms with Gasteiger partial charge in [0, 0.05) is 24.6 Å². The van der Waals surface area contributed by atoms with E-state index in [1.807, 2.05) is 78.9 Å². The summed E-state index contributed by atoms with van der Waals surface area (Å²) >= 11 is 0. The Balaban J connectivity index is 1.66. The first-order valence-corrected chi connectivity index (χ1v) is 8.67. The summed E-state index contributed by atoms with van der Waals surface area (Å²) in [6, 6.07) is 20.9. The van der Waals surface area contributed by atoms with Gasteiger partial charge in [-0.2, -0.15) is 0 Å². The van der Waals surface area contributed by atoms with Crippen molar-refractivity contribution in [1.82, 2.24) is 10.5 Å². The van der Waals surface area contributed by atoms with Gasteiger partial charge >= 0.3 is 0 Å². The van der Waals surface area contributed by atoms with E-state index >= 15 is 0 Å². The quantitative estimate of drug-likeness (QED) is 0.443. The molecule has 0 saturated carbocycles. The van der Waals surface area contributed by atoms with Crippen LogP contribution < -0.4 is 10.8 Å². The van der Waals surface area contributed by atoms with Crippen LogP contribution in [0.2, 0.25) is 0 Å². The van der Waals surface area contributed by atoms with E-state index in [4.69, 9.17) is 5.21 Å². The maximum Gasteiger partial charge on any atom is 0.255 e. The Labute approximate surface area is 158 Å². The molecule has 3 N–H and O–H groups in total. The van der Waals surface area contributed by atoms with Gasteiger partial charge in [0.05, 0.1) is 5.92 Å². The van der Waals surface area contributed by atoms with Crippen LogP contribution in [0.4, 0.5) is 5.69 Å². The molecule has 0 spiro atoms.